The molecule has 0 saturated heterocycles. The normalized spacial score (nSPS) is 12.9. The van der Waals surface area contributed by atoms with Crippen LogP contribution in [-0.4, -0.2) is 27.0 Å². The van der Waals surface area contributed by atoms with Crippen LogP contribution in [0.1, 0.15) is 23.9 Å². The van der Waals surface area contributed by atoms with Crippen LogP contribution in [0.5, 0.6) is 0 Å². The number of aromatic nitrogens is 2. The number of carboxylic acid groups (broad SMARTS) is 1. The first-order valence-electron chi connectivity index (χ1n) is 5.24. The Bertz CT molecular complexity index is 501. The lowest BCUT2D eigenvalue weighted by molar-refractivity contribution is -0.131. The molecule has 7 heteroatoms. The van der Waals surface area contributed by atoms with Gasteiger partial charge in [0, 0.05) is 23.9 Å². The molecular formula is C11H13F3N2O2. The standard InChI is InChI=1S/C11H13F3N2O2/c1-4-16-7(3)10(6(2)15-16)8(5-9(17)18)11(12,13)14/h5H,4H2,1-3H3,(H,17,18). The largest absolute Gasteiger partial charge is 0.478 e. The van der Waals surface area contributed by atoms with Crippen molar-refractivity contribution in [3.05, 3.63) is 23.0 Å². The molecular weight excluding hydrogens is 249 g/mol. The predicted octanol–water partition coefficient (Wildman–Crippen LogP) is 2.55. The Morgan fingerprint density at radius 3 is 2.33 bits per heavy atom. The Hall–Kier alpha value is -1.79. The second kappa shape index (κ2) is 4.83. The summed E-state index contributed by atoms with van der Waals surface area (Å²) in [5.41, 5.74) is -0.865. The summed E-state index contributed by atoms with van der Waals surface area (Å²) in [7, 11) is 0. The van der Waals surface area contributed by atoms with Gasteiger partial charge in [-0.3, -0.25) is 4.68 Å². The number of alkyl halides is 3. The van der Waals surface area contributed by atoms with E-state index in [9.17, 15) is 18.0 Å². The smallest absolute Gasteiger partial charge is 0.417 e. The van der Waals surface area contributed by atoms with E-state index in [1.807, 2.05) is 0 Å². The summed E-state index contributed by atoms with van der Waals surface area (Å²) >= 11 is 0. The topological polar surface area (TPSA) is 55.1 Å². The van der Waals surface area contributed by atoms with Crippen molar-refractivity contribution in [3.8, 4) is 0 Å². The Labute approximate surface area is 102 Å². The number of nitrogens with zero attached hydrogens (tertiary/aromatic N) is 2. The molecule has 0 aliphatic carbocycles. The minimum Gasteiger partial charge on any atom is -0.478 e. The van der Waals surface area contributed by atoms with Gasteiger partial charge < -0.3 is 5.11 Å². The third-order valence-corrected chi connectivity index (χ3v) is 2.52. The number of carbonyl (C=O) groups is 1. The zero-order valence-corrected chi connectivity index (χ0v) is 10.2. The zero-order chi connectivity index (χ0) is 14.1. The molecule has 0 unspecified atom stereocenters. The molecule has 0 fully saturated rings. The number of aryl methyl sites for hydroxylation is 2. The summed E-state index contributed by atoms with van der Waals surface area (Å²) in [6.45, 7) is 5.08. The van der Waals surface area contributed by atoms with Crippen LogP contribution < -0.4 is 0 Å². The first kappa shape index (κ1) is 14.3. The zero-order valence-electron chi connectivity index (χ0n) is 10.2. The minimum absolute atomic E-state index is 0.160. The third-order valence-electron chi connectivity index (χ3n) is 2.52. The van der Waals surface area contributed by atoms with Crippen LogP contribution in [-0.2, 0) is 11.3 Å². The van der Waals surface area contributed by atoms with Gasteiger partial charge in [0.1, 0.15) is 0 Å². The molecule has 1 heterocycles. The summed E-state index contributed by atoms with van der Waals surface area (Å²) in [6.07, 6.45) is -4.55. The van der Waals surface area contributed by atoms with Crippen LogP contribution in [0.25, 0.3) is 5.57 Å². The third kappa shape index (κ3) is 2.72. The minimum atomic E-state index is -4.73. The lowest BCUT2D eigenvalue weighted by Crippen LogP contribution is -2.14. The van der Waals surface area contributed by atoms with Gasteiger partial charge in [-0.1, -0.05) is 0 Å². The van der Waals surface area contributed by atoms with Crippen molar-refractivity contribution in [2.75, 3.05) is 0 Å². The van der Waals surface area contributed by atoms with Gasteiger partial charge in [0.15, 0.2) is 0 Å². The van der Waals surface area contributed by atoms with Crippen molar-refractivity contribution >= 4 is 11.5 Å². The maximum atomic E-state index is 12.9. The van der Waals surface area contributed by atoms with E-state index in [0.29, 0.717) is 12.2 Å². The van der Waals surface area contributed by atoms with Gasteiger partial charge in [0.2, 0.25) is 0 Å². The maximum absolute atomic E-state index is 12.9. The lowest BCUT2D eigenvalue weighted by atomic mass is 10.0. The molecule has 1 aromatic heterocycles. The summed E-state index contributed by atoms with van der Waals surface area (Å²) in [5, 5.41) is 12.5. The fourth-order valence-corrected chi connectivity index (χ4v) is 1.81. The fraction of sp³-hybridized carbons (Fsp3) is 0.455. The Kier molecular flexibility index (Phi) is 3.83. The Morgan fingerprint density at radius 2 is 2.00 bits per heavy atom. The molecule has 1 aromatic rings. The van der Waals surface area contributed by atoms with E-state index in [1.165, 1.54) is 18.5 Å². The molecule has 4 nitrogen and oxygen atoms in total. The average molecular weight is 262 g/mol. The maximum Gasteiger partial charge on any atom is 0.417 e. The van der Waals surface area contributed by atoms with E-state index in [0.717, 1.165) is 0 Å². The Balaban J connectivity index is 3.49. The SMILES string of the molecule is CCn1nc(C)c(C(=CC(=O)O)C(F)(F)F)c1C. The predicted molar refractivity (Wildman–Crippen MR) is 59.0 cm³/mol. The number of halogens is 3. The van der Waals surface area contributed by atoms with Gasteiger partial charge in [-0.25, -0.2) is 4.79 Å². The van der Waals surface area contributed by atoms with Gasteiger partial charge in [0.05, 0.1) is 11.3 Å². The van der Waals surface area contributed by atoms with Crippen LogP contribution in [0.4, 0.5) is 13.2 Å². The molecule has 0 radical (unpaired) electrons. The van der Waals surface area contributed by atoms with Crippen LogP contribution >= 0.6 is 0 Å². The molecule has 0 aliphatic heterocycles. The number of aliphatic carboxylic acids is 1. The van der Waals surface area contributed by atoms with Crippen molar-refractivity contribution < 1.29 is 23.1 Å². The Morgan fingerprint density at radius 1 is 1.44 bits per heavy atom. The molecule has 1 rings (SSSR count). The molecule has 0 amide bonds. The monoisotopic (exact) mass is 262 g/mol. The lowest BCUT2D eigenvalue weighted by Gasteiger charge is -2.11. The number of hydrogen-bond acceptors (Lipinski definition) is 2. The van der Waals surface area contributed by atoms with Gasteiger partial charge >= 0.3 is 12.1 Å². The quantitative estimate of drug-likeness (QED) is 0.852. The number of rotatable bonds is 3. The van der Waals surface area contributed by atoms with Crippen LogP contribution in [0.15, 0.2) is 6.08 Å². The van der Waals surface area contributed by atoms with Gasteiger partial charge in [0.25, 0.3) is 0 Å². The number of allylic oxidation sites excluding steroid dienone is 1. The second-order valence-electron chi connectivity index (χ2n) is 3.76. The van der Waals surface area contributed by atoms with E-state index >= 15 is 0 Å². The first-order valence-corrected chi connectivity index (χ1v) is 5.24. The van der Waals surface area contributed by atoms with Gasteiger partial charge in [-0.2, -0.15) is 18.3 Å². The van der Waals surface area contributed by atoms with Gasteiger partial charge in [-0.15, -0.1) is 0 Å². The molecule has 0 aliphatic rings. The van der Waals surface area contributed by atoms with E-state index in [-0.39, 0.29) is 17.3 Å². The molecule has 0 saturated carbocycles. The van der Waals surface area contributed by atoms with E-state index in [1.54, 1.807) is 6.92 Å². The molecule has 0 spiro atoms. The van der Waals surface area contributed by atoms with Crippen molar-refractivity contribution in [3.63, 3.8) is 0 Å². The van der Waals surface area contributed by atoms with Crippen molar-refractivity contribution in [1.29, 1.82) is 0 Å². The molecule has 100 valence electrons. The second-order valence-corrected chi connectivity index (χ2v) is 3.76. The van der Waals surface area contributed by atoms with Crippen LogP contribution in [0, 0.1) is 13.8 Å². The highest BCUT2D eigenvalue weighted by atomic mass is 19.4. The van der Waals surface area contributed by atoms with E-state index in [4.69, 9.17) is 5.11 Å². The molecule has 18 heavy (non-hydrogen) atoms. The summed E-state index contributed by atoms with van der Waals surface area (Å²) < 4.78 is 40.0. The fourth-order valence-electron chi connectivity index (χ4n) is 1.81. The van der Waals surface area contributed by atoms with Gasteiger partial charge in [-0.05, 0) is 20.8 Å². The number of carboxylic acids is 1. The average Bonchev–Trinajstić information content (AvgIpc) is 2.49. The molecule has 1 N–H and O–H groups in total. The molecule has 0 aromatic carbocycles. The van der Waals surface area contributed by atoms with Crippen LogP contribution in [0.2, 0.25) is 0 Å². The van der Waals surface area contributed by atoms with Crippen LogP contribution in [0.3, 0.4) is 0 Å². The summed E-state index contributed by atoms with van der Waals surface area (Å²) in [4.78, 5) is 10.5. The van der Waals surface area contributed by atoms with Crippen molar-refractivity contribution in [2.45, 2.75) is 33.5 Å². The number of hydrogen-bond donors (Lipinski definition) is 1. The van der Waals surface area contributed by atoms with E-state index < -0.39 is 17.7 Å². The van der Waals surface area contributed by atoms with Crippen molar-refractivity contribution in [2.24, 2.45) is 0 Å². The summed E-state index contributed by atoms with van der Waals surface area (Å²) in [6, 6.07) is 0. The molecule has 0 atom stereocenters. The summed E-state index contributed by atoms with van der Waals surface area (Å²) in [5.74, 6) is -1.63. The van der Waals surface area contributed by atoms with E-state index in [2.05, 4.69) is 5.10 Å². The highest BCUT2D eigenvalue weighted by Gasteiger charge is 2.38. The molecule has 0 bridgehead atoms. The highest BCUT2D eigenvalue weighted by molar-refractivity contribution is 5.92. The first-order chi connectivity index (χ1) is 8.18. The highest BCUT2D eigenvalue weighted by Crippen LogP contribution is 2.36. The van der Waals surface area contributed by atoms with Crippen molar-refractivity contribution in [1.82, 2.24) is 9.78 Å².